The second kappa shape index (κ2) is 7.76. The number of aliphatic hydroxyl groups is 2. The molecule has 0 aromatic carbocycles. The second-order valence-electron chi connectivity index (χ2n) is 8.05. The fraction of sp³-hybridized carbons (Fsp3) is 1.00. The van der Waals surface area contributed by atoms with E-state index in [0.717, 1.165) is 12.8 Å². The minimum Gasteiger partial charge on any atom is -0.365 e. The number of ether oxygens (including phenoxy) is 1. The highest BCUT2D eigenvalue weighted by Gasteiger charge is 2.37. The van der Waals surface area contributed by atoms with Crippen molar-refractivity contribution in [3.8, 4) is 0 Å². The normalized spacial score (nSPS) is 26.9. The van der Waals surface area contributed by atoms with Crippen LogP contribution in [0.5, 0.6) is 0 Å². The third kappa shape index (κ3) is 5.96. The van der Waals surface area contributed by atoms with Gasteiger partial charge in [-0.1, -0.05) is 19.3 Å². The van der Waals surface area contributed by atoms with Crippen LogP contribution in [0.3, 0.4) is 0 Å². The van der Waals surface area contributed by atoms with E-state index < -0.39 is 17.9 Å². The van der Waals surface area contributed by atoms with E-state index in [-0.39, 0.29) is 0 Å². The molecule has 0 amide bonds. The molecule has 1 aliphatic carbocycles. The highest BCUT2D eigenvalue weighted by atomic mass is 16.7. The van der Waals surface area contributed by atoms with Crippen molar-refractivity contribution < 1.29 is 14.9 Å². The number of nitrogens with zero attached hydrogens (tertiary/aromatic N) is 2. The summed E-state index contributed by atoms with van der Waals surface area (Å²) < 4.78 is 5.77. The van der Waals surface area contributed by atoms with Crippen molar-refractivity contribution in [3.05, 3.63) is 0 Å². The van der Waals surface area contributed by atoms with Gasteiger partial charge in [-0.25, -0.2) is 0 Å². The Morgan fingerprint density at radius 2 is 1.57 bits per heavy atom. The van der Waals surface area contributed by atoms with Crippen LogP contribution in [0.1, 0.15) is 59.8 Å². The number of hydrogen-bond donors (Lipinski definition) is 3. The van der Waals surface area contributed by atoms with Crippen LogP contribution in [0.25, 0.3) is 0 Å². The Bertz CT molecular complexity index is 357. The average Bonchev–Trinajstić information content (AvgIpc) is 2.46. The van der Waals surface area contributed by atoms with E-state index in [9.17, 15) is 10.2 Å². The van der Waals surface area contributed by atoms with Gasteiger partial charge in [-0.15, -0.1) is 0 Å². The Morgan fingerprint density at radius 1 is 1.00 bits per heavy atom. The molecule has 0 spiro atoms. The predicted octanol–water partition coefficient (Wildman–Crippen LogP) is 1.28. The van der Waals surface area contributed by atoms with E-state index in [1.54, 1.807) is 6.92 Å². The molecule has 0 radical (unpaired) electrons. The van der Waals surface area contributed by atoms with Gasteiger partial charge in [0.15, 0.2) is 6.35 Å². The van der Waals surface area contributed by atoms with Crippen molar-refractivity contribution in [2.45, 2.75) is 83.7 Å². The molecule has 136 valence electrons. The molecule has 3 N–H and O–H groups in total. The largest absolute Gasteiger partial charge is 0.365 e. The van der Waals surface area contributed by atoms with Gasteiger partial charge in [0.1, 0.15) is 0 Å². The highest BCUT2D eigenvalue weighted by Crippen LogP contribution is 2.23. The lowest BCUT2D eigenvalue weighted by atomic mass is 9.96. The summed E-state index contributed by atoms with van der Waals surface area (Å²) in [5, 5.41) is 24.3. The molecule has 6 heteroatoms. The van der Waals surface area contributed by atoms with Crippen LogP contribution in [0, 0.1) is 0 Å². The Morgan fingerprint density at radius 3 is 2.09 bits per heavy atom. The summed E-state index contributed by atoms with van der Waals surface area (Å²) >= 11 is 0. The maximum Gasteiger partial charge on any atom is 0.225 e. The van der Waals surface area contributed by atoms with Crippen molar-refractivity contribution >= 4 is 0 Å². The lowest BCUT2D eigenvalue weighted by molar-refractivity contribution is -0.323. The summed E-state index contributed by atoms with van der Waals surface area (Å²) in [4.78, 5) is 3.97. The quantitative estimate of drug-likeness (QED) is 0.660. The highest BCUT2D eigenvalue weighted by molar-refractivity contribution is 4.80. The molecule has 23 heavy (non-hydrogen) atoms. The molecule has 1 aliphatic heterocycles. The lowest BCUT2D eigenvalue weighted by Gasteiger charge is -2.45. The topological polar surface area (TPSA) is 68.2 Å². The van der Waals surface area contributed by atoms with Crippen molar-refractivity contribution in [1.29, 1.82) is 0 Å². The number of piperazine rings is 1. The molecule has 2 rings (SSSR count). The molecule has 0 aromatic rings. The lowest BCUT2D eigenvalue weighted by Crippen LogP contribution is -2.62. The maximum absolute atomic E-state index is 10.6. The molecule has 2 aliphatic rings. The molecule has 6 nitrogen and oxygen atoms in total. The fourth-order valence-electron chi connectivity index (χ4n) is 3.61. The van der Waals surface area contributed by atoms with Gasteiger partial charge >= 0.3 is 0 Å². The molecule has 0 aromatic heterocycles. The van der Waals surface area contributed by atoms with Crippen LogP contribution < -0.4 is 5.32 Å². The van der Waals surface area contributed by atoms with Gasteiger partial charge in [-0.2, -0.15) is 0 Å². The number of rotatable bonds is 5. The summed E-state index contributed by atoms with van der Waals surface area (Å²) in [5.41, 5.74) is -0.400. The van der Waals surface area contributed by atoms with Crippen LogP contribution in [0.2, 0.25) is 0 Å². The minimum atomic E-state index is -1.27. The zero-order valence-electron chi connectivity index (χ0n) is 15.2. The van der Waals surface area contributed by atoms with E-state index in [2.05, 4.69) is 5.32 Å². The van der Waals surface area contributed by atoms with E-state index in [1.807, 2.05) is 30.6 Å². The summed E-state index contributed by atoms with van der Waals surface area (Å²) in [6.07, 6.45) is 5.55. The van der Waals surface area contributed by atoms with E-state index in [0.29, 0.717) is 32.2 Å². The van der Waals surface area contributed by atoms with Crippen LogP contribution in [0.15, 0.2) is 0 Å². The third-order valence-corrected chi connectivity index (χ3v) is 4.74. The smallest absolute Gasteiger partial charge is 0.225 e. The van der Waals surface area contributed by atoms with Crippen LogP contribution >= 0.6 is 0 Å². The first kappa shape index (κ1) is 19.1. The first-order valence-corrected chi connectivity index (χ1v) is 9.03. The van der Waals surface area contributed by atoms with Crippen molar-refractivity contribution in [2.24, 2.45) is 0 Å². The van der Waals surface area contributed by atoms with Gasteiger partial charge in [0.2, 0.25) is 5.91 Å². The molecule has 1 saturated carbocycles. The summed E-state index contributed by atoms with van der Waals surface area (Å²) in [6.45, 7) is 10.3. The fourth-order valence-corrected chi connectivity index (χ4v) is 3.61. The van der Waals surface area contributed by atoms with E-state index in [4.69, 9.17) is 4.74 Å². The predicted molar refractivity (Wildman–Crippen MR) is 90.6 cm³/mol. The SMILES string of the molecule is CC(C)(C)OC(C)(O)N1CCN([C@@H](O)NC2CCCCC2)CC1. The molecule has 1 saturated heterocycles. The van der Waals surface area contributed by atoms with Crippen LogP contribution in [0.4, 0.5) is 0 Å². The summed E-state index contributed by atoms with van der Waals surface area (Å²) in [7, 11) is 0. The first-order valence-electron chi connectivity index (χ1n) is 9.03. The molecule has 0 bridgehead atoms. The second-order valence-corrected chi connectivity index (χ2v) is 8.05. The number of nitrogens with one attached hydrogen (secondary N) is 1. The summed E-state index contributed by atoms with van der Waals surface area (Å²) in [6, 6.07) is 0.434. The Kier molecular flexibility index (Phi) is 6.44. The number of aliphatic hydroxyl groups excluding tert-OH is 1. The molecular weight excluding hydrogens is 294 g/mol. The van der Waals surface area contributed by atoms with E-state index >= 15 is 0 Å². The van der Waals surface area contributed by atoms with Crippen LogP contribution in [-0.4, -0.2) is 70.1 Å². The van der Waals surface area contributed by atoms with Crippen molar-refractivity contribution in [2.75, 3.05) is 26.2 Å². The van der Waals surface area contributed by atoms with Gasteiger partial charge < -0.3 is 14.9 Å². The van der Waals surface area contributed by atoms with Gasteiger partial charge in [0.05, 0.1) is 5.60 Å². The van der Waals surface area contributed by atoms with Crippen LogP contribution in [-0.2, 0) is 4.74 Å². The molecule has 2 fully saturated rings. The average molecular weight is 329 g/mol. The first-order chi connectivity index (χ1) is 10.7. The number of hydrogen-bond acceptors (Lipinski definition) is 6. The molecule has 1 unspecified atom stereocenters. The van der Waals surface area contributed by atoms with Gasteiger partial charge in [-0.3, -0.25) is 15.1 Å². The van der Waals surface area contributed by atoms with E-state index in [1.165, 1.54) is 19.3 Å². The van der Waals surface area contributed by atoms with Gasteiger partial charge in [0.25, 0.3) is 0 Å². The Hall–Kier alpha value is -0.240. The summed E-state index contributed by atoms with van der Waals surface area (Å²) in [5.74, 6) is -1.27. The zero-order valence-corrected chi connectivity index (χ0v) is 15.2. The molecular formula is C17H35N3O3. The Balaban J connectivity index is 1.78. The van der Waals surface area contributed by atoms with Crippen molar-refractivity contribution in [3.63, 3.8) is 0 Å². The standard InChI is InChI=1S/C17H35N3O3/c1-16(2,3)23-17(4,22)20-12-10-19(11-13-20)15(21)18-14-8-6-5-7-9-14/h14-15,18,21-22H,5-13H2,1-4H3/t15-,17?/m0/s1. The van der Waals surface area contributed by atoms with Crippen molar-refractivity contribution in [1.82, 2.24) is 15.1 Å². The van der Waals surface area contributed by atoms with Gasteiger partial charge in [0, 0.05) is 39.1 Å². The monoisotopic (exact) mass is 329 g/mol. The maximum atomic E-state index is 10.6. The molecule has 1 heterocycles. The zero-order chi connectivity index (χ0) is 17.1. The van der Waals surface area contributed by atoms with Gasteiger partial charge in [-0.05, 0) is 33.6 Å². The third-order valence-electron chi connectivity index (χ3n) is 4.74. The Labute approximate surface area is 140 Å². The molecule has 2 atom stereocenters. The minimum absolute atomic E-state index is 0.400.